The third kappa shape index (κ3) is 6.23. The molecule has 1 aromatic heterocycles. The third-order valence-corrected chi connectivity index (χ3v) is 7.10. The molecule has 2 aliphatic rings. The number of pyridine rings is 1. The second-order valence-corrected chi connectivity index (χ2v) is 9.64. The second-order valence-electron chi connectivity index (χ2n) is 9.64. The van der Waals surface area contributed by atoms with Crippen molar-refractivity contribution in [1.82, 2.24) is 9.88 Å². The van der Waals surface area contributed by atoms with Crippen LogP contribution in [0.15, 0.2) is 73.1 Å². The zero-order valence-corrected chi connectivity index (χ0v) is 20.7. The average molecular weight is 504 g/mol. The maximum absolute atomic E-state index is 12.6. The number of nitrogens with zero attached hydrogens (tertiary/aromatic N) is 2. The van der Waals surface area contributed by atoms with E-state index in [2.05, 4.69) is 15.2 Å². The number of rotatable bonds is 8. The van der Waals surface area contributed by atoms with E-state index in [0.717, 1.165) is 36.1 Å². The Morgan fingerprint density at radius 2 is 1.92 bits per heavy atom. The van der Waals surface area contributed by atoms with Gasteiger partial charge in [0.2, 0.25) is 0 Å². The summed E-state index contributed by atoms with van der Waals surface area (Å²) in [5.74, 6) is -0.237. The number of anilines is 1. The number of carbonyl (C=O) groups excluding carboxylic acids is 1. The lowest BCUT2D eigenvalue weighted by Crippen LogP contribution is -2.42. The Kier molecular flexibility index (Phi) is 8.23. The first kappa shape index (κ1) is 25.5. The molecule has 5 rings (SSSR count). The van der Waals surface area contributed by atoms with Crippen molar-refractivity contribution in [1.29, 1.82) is 0 Å². The zero-order chi connectivity index (χ0) is 25.6. The molecule has 8 nitrogen and oxygen atoms in total. The first-order valence-corrected chi connectivity index (χ1v) is 12.8. The fraction of sp³-hybridized carbons (Fsp3) is 0.379. The van der Waals surface area contributed by atoms with E-state index in [1.165, 1.54) is 6.20 Å². The Bertz CT molecular complexity index is 1170. The molecule has 3 heterocycles. The van der Waals surface area contributed by atoms with Gasteiger partial charge in [-0.3, -0.25) is 14.7 Å². The monoisotopic (exact) mass is 503 g/mol. The van der Waals surface area contributed by atoms with E-state index < -0.39 is 6.29 Å². The smallest absolute Gasteiger partial charge is 0.257 e. The number of likely N-dealkylation sites (tertiary alicyclic amines) is 1. The second kappa shape index (κ2) is 11.9. The van der Waals surface area contributed by atoms with Gasteiger partial charge in [-0.15, -0.1) is 0 Å². The van der Waals surface area contributed by atoms with Crippen LogP contribution in [0.1, 0.15) is 58.7 Å². The third-order valence-electron chi connectivity index (χ3n) is 7.10. The summed E-state index contributed by atoms with van der Waals surface area (Å²) in [6.07, 6.45) is 5.00. The molecule has 194 valence electrons. The number of aliphatic hydroxyl groups is 2. The zero-order valence-electron chi connectivity index (χ0n) is 20.7. The van der Waals surface area contributed by atoms with Crippen LogP contribution in [0, 0.1) is 0 Å². The minimum atomic E-state index is -0.619. The Balaban J connectivity index is 1.36. The van der Waals surface area contributed by atoms with Gasteiger partial charge < -0.3 is 25.0 Å². The molecule has 0 unspecified atom stereocenters. The van der Waals surface area contributed by atoms with E-state index in [1.807, 2.05) is 48.5 Å². The molecule has 2 aromatic carbocycles. The number of benzene rings is 2. The van der Waals surface area contributed by atoms with Gasteiger partial charge in [0.25, 0.3) is 5.91 Å². The number of carbonyl (C=O) groups is 1. The fourth-order valence-electron chi connectivity index (χ4n) is 5.10. The molecular weight excluding hydrogens is 470 g/mol. The van der Waals surface area contributed by atoms with Gasteiger partial charge in [-0.1, -0.05) is 36.4 Å². The molecule has 0 radical (unpaired) electrons. The number of amides is 1. The highest BCUT2D eigenvalue weighted by molar-refractivity contribution is 6.04. The molecule has 0 aliphatic carbocycles. The Hall–Kier alpha value is -3.14. The molecule has 3 aromatic rings. The number of aliphatic hydroxyl groups excluding tert-OH is 2. The summed E-state index contributed by atoms with van der Waals surface area (Å²) in [6, 6.07) is 18.9. The van der Waals surface area contributed by atoms with Crippen molar-refractivity contribution in [3.05, 3.63) is 95.3 Å². The summed E-state index contributed by atoms with van der Waals surface area (Å²) < 4.78 is 12.9. The summed E-state index contributed by atoms with van der Waals surface area (Å²) in [6.45, 7) is 1.81. The van der Waals surface area contributed by atoms with Crippen LogP contribution in [0.3, 0.4) is 0 Å². The summed E-state index contributed by atoms with van der Waals surface area (Å²) >= 11 is 0. The largest absolute Gasteiger partial charge is 0.395 e. The number of aromatic nitrogens is 1. The molecule has 4 atom stereocenters. The van der Waals surface area contributed by atoms with Crippen LogP contribution in [0.5, 0.6) is 0 Å². The van der Waals surface area contributed by atoms with Crippen molar-refractivity contribution >= 4 is 11.6 Å². The minimum Gasteiger partial charge on any atom is -0.395 e. The van der Waals surface area contributed by atoms with Crippen molar-refractivity contribution in [2.45, 2.75) is 50.4 Å². The lowest BCUT2D eigenvalue weighted by atomic mass is 9.99. The van der Waals surface area contributed by atoms with E-state index in [0.29, 0.717) is 24.2 Å². The van der Waals surface area contributed by atoms with Crippen LogP contribution in [0.2, 0.25) is 0 Å². The maximum Gasteiger partial charge on any atom is 0.257 e. The number of hydrogen-bond donors (Lipinski definition) is 3. The molecule has 0 bridgehead atoms. The van der Waals surface area contributed by atoms with Gasteiger partial charge >= 0.3 is 0 Å². The first-order valence-electron chi connectivity index (χ1n) is 12.8. The van der Waals surface area contributed by atoms with E-state index in [9.17, 15) is 15.0 Å². The molecule has 3 N–H and O–H groups in total. The van der Waals surface area contributed by atoms with Crippen LogP contribution in [-0.4, -0.2) is 57.8 Å². The lowest BCUT2D eigenvalue weighted by molar-refractivity contribution is -0.253. The van der Waals surface area contributed by atoms with Gasteiger partial charge in [-0.05, 0) is 54.8 Å². The van der Waals surface area contributed by atoms with Crippen molar-refractivity contribution in [3.8, 4) is 0 Å². The molecular formula is C29H33N3O5. The van der Waals surface area contributed by atoms with Gasteiger partial charge in [-0.25, -0.2) is 0 Å². The molecule has 37 heavy (non-hydrogen) atoms. The van der Waals surface area contributed by atoms with Gasteiger partial charge in [0.05, 0.1) is 31.0 Å². The molecule has 0 spiro atoms. The normalized spacial score (nSPS) is 24.2. The Morgan fingerprint density at radius 3 is 2.68 bits per heavy atom. The van der Waals surface area contributed by atoms with Gasteiger partial charge in [0, 0.05) is 42.7 Å². The van der Waals surface area contributed by atoms with Gasteiger partial charge in [-0.2, -0.15) is 0 Å². The van der Waals surface area contributed by atoms with Crippen LogP contribution in [0.4, 0.5) is 5.69 Å². The fourth-order valence-corrected chi connectivity index (χ4v) is 5.10. The Labute approximate surface area is 216 Å². The molecule has 1 amide bonds. The van der Waals surface area contributed by atoms with Gasteiger partial charge in [0.1, 0.15) is 0 Å². The lowest BCUT2D eigenvalue weighted by Gasteiger charge is -2.38. The summed E-state index contributed by atoms with van der Waals surface area (Å²) in [7, 11) is 0. The van der Waals surface area contributed by atoms with Crippen LogP contribution in [0.25, 0.3) is 0 Å². The first-order chi connectivity index (χ1) is 18.1. The van der Waals surface area contributed by atoms with Crippen LogP contribution < -0.4 is 5.32 Å². The van der Waals surface area contributed by atoms with Crippen molar-refractivity contribution < 1.29 is 24.5 Å². The molecule has 2 aliphatic heterocycles. The average Bonchev–Trinajstić information content (AvgIpc) is 3.40. The van der Waals surface area contributed by atoms with E-state index in [1.54, 1.807) is 18.3 Å². The molecule has 0 saturated carbocycles. The van der Waals surface area contributed by atoms with Gasteiger partial charge in [0.15, 0.2) is 6.29 Å². The quantitative estimate of drug-likeness (QED) is 0.429. The molecule has 8 heteroatoms. The van der Waals surface area contributed by atoms with Crippen molar-refractivity contribution in [3.63, 3.8) is 0 Å². The summed E-state index contributed by atoms with van der Waals surface area (Å²) in [4.78, 5) is 19.0. The number of ether oxygens (including phenoxy) is 2. The van der Waals surface area contributed by atoms with E-state index in [-0.39, 0.29) is 37.4 Å². The minimum absolute atomic E-state index is 0.00473. The predicted molar refractivity (Wildman–Crippen MR) is 139 cm³/mol. The highest BCUT2D eigenvalue weighted by atomic mass is 16.7. The topological polar surface area (TPSA) is 104 Å². The highest BCUT2D eigenvalue weighted by Crippen LogP contribution is 2.39. The van der Waals surface area contributed by atoms with E-state index in [4.69, 9.17) is 9.47 Å². The van der Waals surface area contributed by atoms with Crippen LogP contribution >= 0.6 is 0 Å². The molecule has 2 fully saturated rings. The molecule has 2 saturated heterocycles. The number of nitrogens with one attached hydrogen (secondary N) is 1. The van der Waals surface area contributed by atoms with Crippen molar-refractivity contribution in [2.24, 2.45) is 0 Å². The summed E-state index contributed by atoms with van der Waals surface area (Å²) in [5, 5.41) is 22.2. The van der Waals surface area contributed by atoms with Crippen LogP contribution in [-0.2, 0) is 16.1 Å². The number of hydrogen-bond acceptors (Lipinski definition) is 7. The van der Waals surface area contributed by atoms with E-state index >= 15 is 0 Å². The standard InChI is InChI=1S/C29H33N3O5/c33-18-20-8-10-21(11-9-20)27-15-26(17-32-13-3-7-25(32)19-34)36-29(37-27)22-4-1-6-24(14-22)31-28(35)23-5-2-12-30-16-23/h1-2,4-6,8-12,14,16,25-27,29,33-34H,3,7,13,15,17-19H2,(H,31,35)/t25-,26-,27+,29+/m0/s1. The SMILES string of the molecule is O=C(Nc1cccc([C@@H]2O[C@H](CN3CCC[C@H]3CO)C[C@H](c3ccc(CO)cc3)O2)c1)c1cccnc1. The highest BCUT2D eigenvalue weighted by Gasteiger charge is 2.35. The summed E-state index contributed by atoms with van der Waals surface area (Å²) in [5.41, 5.74) is 3.81. The predicted octanol–water partition coefficient (Wildman–Crippen LogP) is 3.83. The maximum atomic E-state index is 12.6. The van der Waals surface area contributed by atoms with Crippen molar-refractivity contribution in [2.75, 3.05) is 25.0 Å². The Morgan fingerprint density at radius 1 is 1.05 bits per heavy atom.